The topological polar surface area (TPSA) is 129 Å². The fourth-order valence-corrected chi connectivity index (χ4v) is 5.20. The van der Waals surface area contributed by atoms with Crippen LogP contribution >= 0.6 is 0 Å². The first-order chi connectivity index (χ1) is 17.9. The number of alkyl halides is 3. The quantitative estimate of drug-likeness (QED) is 0.310. The Kier molecular flexibility index (Phi) is 5.36. The van der Waals surface area contributed by atoms with Crippen molar-refractivity contribution >= 4 is 0 Å². The van der Waals surface area contributed by atoms with Crippen LogP contribution in [0.5, 0.6) is 0 Å². The first-order valence-electron chi connectivity index (χ1n) is 12.4. The molecule has 2 aliphatic rings. The molecule has 0 radical (unpaired) electrons. The van der Waals surface area contributed by atoms with E-state index in [0.717, 1.165) is 29.7 Å². The molecule has 4 aromatic rings. The number of halogens is 3. The van der Waals surface area contributed by atoms with E-state index < -0.39 is 22.9 Å². The SMILES string of the molecule is Cc1cc(-c2nc(-c3ccc(C4(C(F)(F)F)CC4)cc3)no2)nn1Cc1cccc(C2(C(N)(N)O)CC2)c1. The van der Waals surface area contributed by atoms with Crippen LogP contribution in [-0.2, 0) is 17.4 Å². The zero-order chi connectivity index (χ0) is 26.9. The predicted molar refractivity (Wildman–Crippen MR) is 132 cm³/mol. The molecule has 0 aliphatic heterocycles. The summed E-state index contributed by atoms with van der Waals surface area (Å²) in [6, 6.07) is 15.7. The lowest BCUT2D eigenvalue weighted by molar-refractivity contribution is -0.160. The van der Waals surface area contributed by atoms with Crippen molar-refractivity contribution in [2.45, 2.75) is 62.0 Å². The molecule has 6 rings (SSSR count). The highest BCUT2D eigenvalue weighted by atomic mass is 19.4. The van der Waals surface area contributed by atoms with Crippen LogP contribution < -0.4 is 11.5 Å². The normalized spacial score (nSPS) is 18.0. The molecule has 11 heteroatoms. The third kappa shape index (κ3) is 4.01. The number of aliphatic hydroxyl groups is 1. The summed E-state index contributed by atoms with van der Waals surface area (Å²) < 4.78 is 47.5. The van der Waals surface area contributed by atoms with Gasteiger partial charge in [0.25, 0.3) is 5.89 Å². The zero-order valence-corrected chi connectivity index (χ0v) is 20.7. The monoisotopic (exact) mass is 524 g/mol. The number of nitrogens with two attached hydrogens (primary N) is 2. The van der Waals surface area contributed by atoms with Crippen LogP contribution in [0.15, 0.2) is 59.1 Å². The van der Waals surface area contributed by atoms with Crippen molar-refractivity contribution in [3.8, 4) is 23.0 Å². The first kappa shape index (κ1) is 24.8. The molecule has 0 amide bonds. The highest BCUT2D eigenvalue weighted by Gasteiger charge is 2.64. The lowest BCUT2D eigenvalue weighted by atomic mass is 9.89. The van der Waals surface area contributed by atoms with E-state index in [-0.39, 0.29) is 30.1 Å². The number of benzene rings is 2. The second kappa shape index (κ2) is 8.23. The second-order valence-electron chi connectivity index (χ2n) is 10.5. The summed E-state index contributed by atoms with van der Waals surface area (Å²) >= 11 is 0. The van der Waals surface area contributed by atoms with Gasteiger partial charge >= 0.3 is 6.18 Å². The number of aromatic nitrogens is 4. The maximum absolute atomic E-state index is 13.4. The lowest BCUT2D eigenvalue weighted by Gasteiger charge is -2.29. The Morgan fingerprint density at radius 3 is 2.26 bits per heavy atom. The van der Waals surface area contributed by atoms with Gasteiger partial charge in [-0.1, -0.05) is 53.7 Å². The molecular formula is C27H27F3N6O2. The Morgan fingerprint density at radius 2 is 1.66 bits per heavy atom. The highest BCUT2D eigenvalue weighted by molar-refractivity contribution is 5.59. The second-order valence-corrected chi connectivity index (χ2v) is 10.5. The zero-order valence-electron chi connectivity index (χ0n) is 20.7. The van der Waals surface area contributed by atoms with Gasteiger partial charge in [-0.05, 0) is 55.4 Å². The highest BCUT2D eigenvalue weighted by Crippen LogP contribution is 2.59. The smallest absolute Gasteiger partial charge is 0.363 e. The van der Waals surface area contributed by atoms with E-state index in [9.17, 15) is 18.3 Å². The fraction of sp³-hybridized carbons (Fsp3) is 0.370. The van der Waals surface area contributed by atoms with Gasteiger partial charge in [0.1, 0.15) is 0 Å². The molecule has 2 saturated carbocycles. The molecule has 5 N–H and O–H groups in total. The van der Waals surface area contributed by atoms with Crippen LogP contribution in [0.25, 0.3) is 23.0 Å². The Hall–Kier alpha value is -3.54. The van der Waals surface area contributed by atoms with Gasteiger partial charge in [-0.15, -0.1) is 0 Å². The number of rotatable bonds is 7. The number of hydrogen-bond donors (Lipinski definition) is 3. The largest absolute Gasteiger partial charge is 0.398 e. The van der Waals surface area contributed by atoms with Gasteiger partial charge in [-0.25, -0.2) is 0 Å². The number of nitrogens with zero attached hydrogens (tertiary/aromatic N) is 4. The third-order valence-corrected chi connectivity index (χ3v) is 7.94. The van der Waals surface area contributed by atoms with Crippen molar-refractivity contribution in [3.63, 3.8) is 0 Å². The maximum Gasteiger partial charge on any atom is 0.398 e. The Balaban J connectivity index is 1.20. The molecule has 2 heterocycles. The molecule has 0 spiro atoms. The Morgan fingerprint density at radius 1 is 0.974 bits per heavy atom. The summed E-state index contributed by atoms with van der Waals surface area (Å²) in [5, 5.41) is 18.9. The summed E-state index contributed by atoms with van der Waals surface area (Å²) in [4.78, 5) is 4.42. The summed E-state index contributed by atoms with van der Waals surface area (Å²) in [7, 11) is 0. The summed E-state index contributed by atoms with van der Waals surface area (Å²) in [5.74, 6) is -1.30. The summed E-state index contributed by atoms with van der Waals surface area (Å²) in [5.41, 5.74) is 13.3. The van der Waals surface area contributed by atoms with E-state index in [1.54, 1.807) is 16.8 Å². The number of hydrogen-bond acceptors (Lipinski definition) is 7. The maximum atomic E-state index is 13.4. The van der Waals surface area contributed by atoms with Gasteiger partial charge in [0.05, 0.1) is 17.4 Å². The molecule has 2 fully saturated rings. The molecular weight excluding hydrogens is 497 g/mol. The Bertz CT molecular complexity index is 1490. The van der Waals surface area contributed by atoms with Crippen LogP contribution in [0.1, 0.15) is 48.1 Å². The van der Waals surface area contributed by atoms with E-state index in [0.29, 0.717) is 17.8 Å². The third-order valence-electron chi connectivity index (χ3n) is 7.94. The van der Waals surface area contributed by atoms with E-state index >= 15 is 0 Å². The van der Waals surface area contributed by atoms with E-state index in [1.165, 1.54) is 12.1 Å². The standard InChI is InChI=1S/C27H27F3N6O2/c1-16-13-21(34-36(16)15-17-3-2-4-20(14-17)25(11-12-25)27(31,32)37)23-33-22(35-38-23)18-5-7-19(8-6-18)24(9-10-24)26(28,29)30/h2-8,13-14,37H,9-12,15,31-32H2,1H3. The Labute approximate surface area is 216 Å². The van der Waals surface area contributed by atoms with Crippen molar-refractivity contribution in [2.24, 2.45) is 11.5 Å². The van der Waals surface area contributed by atoms with Crippen LogP contribution in [0.3, 0.4) is 0 Å². The average Bonchev–Trinajstić information content (AvgIpc) is 3.77. The minimum absolute atomic E-state index is 0.109. The molecule has 38 heavy (non-hydrogen) atoms. The van der Waals surface area contributed by atoms with E-state index in [1.807, 2.05) is 37.3 Å². The fourth-order valence-electron chi connectivity index (χ4n) is 5.20. The van der Waals surface area contributed by atoms with Crippen molar-refractivity contribution in [1.82, 2.24) is 19.9 Å². The molecule has 198 valence electrons. The first-order valence-corrected chi connectivity index (χ1v) is 12.4. The van der Waals surface area contributed by atoms with Gasteiger partial charge in [0.15, 0.2) is 11.5 Å². The molecule has 0 saturated heterocycles. The molecule has 2 aromatic carbocycles. The van der Waals surface area contributed by atoms with Crippen molar-refractivity contribution < 1.29 is 22.8 Å². The summed E-state index contributed by atoms with van der Waals surface area (Å²) in [6.07, 6.45) is -2.61. The van der Waals surface area contributed by atoms with Crippen LogP contribution in [-0.4, -0.2) is 37.1 Å². The summed E-state index contributed by atoms with van der Waals surface area (Å²) in [6.45, 7) is 2.37. The minimum Gasteiger partial charge on any atom is -0.363 e. The van der Waals surface area contributed by atoms with Crippen molar-refractivity contribution in [1.29, 1.82) is 0 Å². The molecule has 8 nitrogen and oxygen atoms in total. The van der Waals surface area contributed by atoms with E-state index in [2.05, 4.69) is 15.2 Å². The molecule has 0 bridgehead atoms. The predicted octanol–water partition coefficient (Wildman–Crippen LogP) is 4.15. The van der Waals surface area contributed by atoms with Gasteiger partial charge in [-0.2, -0.15) is 23.3 Å². The molecule has 0 atom stereocenters. The van der Waals surface area contributed by atoms with Crippen molar-refractivity contribution in [3.05, 3.63) is 77.0 Å². The molecule has 2 aromatic heterocycles. The average molecular weight is 525 g/mol. The van der Waals surface area contributed by atoms with Crippen LogP contribution in [0, 0.1) is 6.92 Å². The van der Waals surface area contributed by atoms with Gasteiger partial charge in [-0.3, -0.25) is 16.1 Å². The number of aryl methyl sites for hydroxylation is 1. The van der Waals surface area contributed by atoms with Gasteiger partial charge in [0, 0.05) is 11.3 Å². The van der Waals surface area contributed by atoms with E-state index in [4.69, 9.17) is 16.0 Å². The van der Waals surface area contributed by atoms with Crippen LogP contribution in [0.4, 0.5) is 13.2 Å². The molecule has 2 aliphatic carbocycles. The van der Waals surface area contributed by atoms with Crippen molar-refractivity contribution in [2.75, 3.05) is 0 Å². The van der Waals surface area contributed by atoms with Crippen LogP contribution in [0.2, 0.25) is 0 Å². The van der Waals surface area contributed by atoms with Gasteiger partial charge < -0.3 is 9.63 Å². The van der Waals surface area contributed by atoms with Gasteiger partial charge in [0.2, 0.25) is 5.82 Å². The molecule has 0 unspecified atom stereocenters. The minimum atomic E-state index is -4.26. The lowest BCUT2D eigenvalue weighted by Crippen LogP contribution is -2.58.